The maximum Gasteiger partial charge on any atom is 0.312 e. The van der Waals surface area contributed by atoms with Crippen LogP contribution in [0.5, 0.6) is 11.5 Å². The van der Waals surface area contributed by atoms with Crippen molar-refractivity contribution in [2.24, 2.45) is 0 Å². The molecule has 4 rings (SSSR count). The van der Waals surface area contributed by atoms with Gasteiger partial charge in [0.15, 0.2) is 11.5 Å². The van der Waals surface area contributed by atoms with Gasteiger partial charge >= 0.3 is 5.97 Å². The summed E-state index contributed by atoms with van der Waals surface area (Å²) in [5.41, 5.74) is 1.61. The van der Waals surface area contributed by atoms with Crippen LogP contribution in [0.2, 0.25) is 5.02 Å². The molecule has 0 spiro atoms. The number of halogens is 1. The zero-order valence-electron chi connectivity index (χ0n) is 13.3. The third kappa shape index (κ3) is 3.24. The number of carbonyl (C=O) groups is 1. The van der Waals surface area contributed by atoms with Crippen molar-refractivity contribution in [3.8, 4) is 11.5 Å². The summed E-state index contributed by atoms with van der Waals surface area (Å²) >= 11 is 7.81. The molecule has 2 aliphatic rings. The highest BCUT2D eigenvalue weighted by atomic mass is 35.5. The Bertz CT molecular complexity index is 861. The molecular formula is C18H16ClNO4S. The normalized spacial score (nSPS) is 19.0. The average molecular weight is 378 g/mol. The Balaban J connectivity index is 1.61. The first-order valence-electron chi connectivity index (χ1n) is 8.11. The summed E-state index contributed by atoms with van der Waals surface area (Å²) in [5, 5.41) is 10.7. The molecule has 0 bridgehead atoms. The Morgan fingerprint density at radius 1 is 1.32 bits per heavy atom. The van der Waals surface area contributed by atoms with E-state index in [2.05, 4.69) is 4.98 Å². The number of carboxylic acids is 1. The zero-order valence-corrected chi connectivity index (χ0v) is 14.9. The molecule has 1 aromatic carbocycles. The van der Waals surface area contributed by atoms with E-state index in [1.165, 1.54) is 0 Å². The summed E-state index contributed by atoms with van der Waals surface area (Å²) in [6.45, 7) is 1.00. The highest BCUT2D eigenvalue weighted by Crippen LogP contribution is 2.39. The van der Waals surface area contributed by atoms with Crippen molar-refractivity contribution in [3.63, 3.8) is 0 Å². The SMILES string of the molecule is O=C(O)C1CCCc2sc(/C=C/c3cc(Cl)c4c(c3)OCCO4)nc21. The van der Waals surface area contributed by atoms with Gasteiger partial charge in [-0.3, -0.25) is 4.79 Å². The first kappa shape index (κ1) is 16.4. The van der Waals surface area contributed by atoms with Crippen molar-refractivity contribution in [2.75, 3.05) is 13.2 Å². The molecule has 7 heteroatoms. The van der Waals surface area contributed by atoms with Gasteiger partial charge in [-0.25, -0.2) is 4.98 Å². The van der Waals surface area contributed by atoms with Crippen LogP contribution >= 0.6 is 22.9 Å². The molecule has 1 aliphatic carbocycles. The lowest BCUT2D eigenvalue weighted by Crippen LogP contribution is -2.17. The molecule has 5 nitrogen and oxygen atoms in total. The predicted octanol–water partition coefficient (Wildman–Crippen LogP) is 4.24. The van der Waals surface area contributed by atoms with Gasteiger partial charge in [0, 0.05) is 4.88 Å². The molecule has 0 amide bonds. The van der Waals surface area contributed by atoms with E-state index in [0.29, 0.717) is 36.2 Å². The standard InChI is InChI=1S/C18H16ClNO4S/c19-12-8-10(9-13-17(12)24-7-6-23-13)4-5-15-20-16-11(18(21)22)2-1-3-14(16)25-15/h4-5,8-9,11H,1-3,6-7H2,(H,21,22)/b5-4+. The van der Waals surface area contributed by atoms with Gasteiger partial charge < -0.3 is 14.6 Å². The lowest BCUT2D eigenvalue weighted by molar-refractivity contribution is -0.139. The maximum atomic E-state index is 11.4. The molecule has 0 saturated carbocycles. The van der Waals surface area contributed by atoms with Crippen LogP contribution in [0, 0.1) is 0 Å². The molecule has 1 aromatic heterocycles. The second-order valence-corrected chi connectivity index (χ2v) is 7.53. The van der Waals surface area contributed by atoms with Crippen molar-refractivity contribution >= 4 is 41.1 Å². The monoisotopic (exact) mass is 377 g/mol. The van der Waals surface area contributed by atoms with Gasteiger partial charge in [0.25, 0.3) is 0 Å². The Morgan fingerprint density at radius 2 is 2.16 bits per heavy atom. The molecule has 2 aromatic rings. The number of benzene rings is 1. The van der Waals surface area contributed by atoms with Crippen molar-refractivity contribution in [3.05, 3.63) is 38.3 Å². The van der Waals surface area contributed by atoms with Crippen LogP contribution < -0.4 is 9.47 Å². The molecule has 0 saturated heterocycles. The number of rotatable bonds is 3. The Morgan fingerprint density at radius 3 is 3.00 bits per heavy atom. The van der Waals surface area contributed by atoms with E-state index in [4.69, 9.17) is 21.1 Å². The molecule has 0 fully saturated rings. The summed E-state index contributed by atoms with van der Waals surface area (Å²) < 4.78 is 11.1. The number of hydrogen-bond acceptors (Lipinski definition) is 5. The van der Waals surface area contributed by atoms with Gasteiger partial charge in [-0.1, -0.05) is 17.7 Å². The van der Waals surface area contributed by atoms with Crippen LogP contribution in [0.25, 0.3) is 12.2 Å². The van der Waals surface area contributed by atoms with Crippen LogP contribution in [-0.4, -0.2) is 29.3 Å². The molecule has 1 unspecified atom stereocenters. The van der Waals surface area contributed by atoms with E-state index in [9.17, 15) is 9.90 Å². The number of aromatic nitrogens is 1. The first-order valence-corrected chi connectivity index (χ1v) is 9.31. The zero-order chi connectivity index (χ0) is 17.4. The van der Waals surface area contributed by atoms with E-state index in [0.717, 1.165) is 34.0 Å². The summed E-state index contributed by atoms with van der Waals surface area (Å²) in [4.78, 5) is 17.0. The van der Waals surface area contributed by atoms with E-state index >= 15 is 0 Å². The molecule has 130 valence electrons. The van der Waals surface area contributed by atoms with E-state index in [-0.39, 0.29) is 0 Å². The second kappa shape index (κ2) is 6.69. The lowest BCUT2D eigenvalue weighted by atomic mass is 9.91. The molecule has 2 heterocycles. The fourth-order valence-corrected chi connectivity index (χ4v) is 4.49. The highest BCUT2D eigenvalue weighted by molar-refractivity contribution is 7.12. The predicted molar refractivity (Wildman–Crippen MR) is 96.8 cm³/mol. The average Bonchev–Trinajstić information content (AvgIpc) is 3.03. The minimum absolute atomic E-state index is 0.481. The van der Waals surface area contributed by atoms with Gasteiger partial charge in [-0.15, -0.1) is 11.3 Å². The number of fused-ring (bicyclic) bond motifs is 2. The van der Waals surface area contributed by atoms with Gasteiger partial charge in [0.1, 0.15) is 18.2 Å². The van der Waals surface area contributed by atoms with Crippen LogP contribution in [0.1, 0.15) is 39.9 Å². The summed E-state index contributed by atoms with van der Waals surface area (Å²) in [7, 11) is 0. The fourth-order valence-electron chi connectivity index (χ4n) is 3.14. The Kier molecular flexibility index (Phi) is 4.39. The second-order valence-electron chi connectivity index (χ2n) is 6.00. The Hall–Kier alpha value is -2.05. The largest absolute Gasteiger partial charge is 0.486 e. The van der Waals surface area contributed by atoms with Crippen LogP contribution in [0.4, 0.5) is 0 Å². The van der Waals surface area contributed by atoms with Gasteiger partial charge in [0.2, 0.25) is 0 Å². The smallest absolute Gasteiger partial charge is 0.312 e. The minimum Gasteiger partial charge on any atom is -0.486 e. The molecule has 1 N–H and O–H groups in total. The highest BCUT2D eigenvalue weighted by Gasteiger charge is 2.29. The van der Waals surface area contributed by atoms with Gasteiger partial charge in [-0.2, -0.15) is 0 Å². The molecule has 1 atom stereocenters. The number of carboxylic acid groups (broad SMARTS) is 1. The molecule has 1 aliphatic heterocycles. The quantitative estimate of drug-likeness (QED) is 0.866. The molecule has 0 radical (unpaired) electrons. The topological polar surface area (TPSA) is 68.7 Å². The third-order valence-corrected chi connectivity index (χ3v) is 5.68. The fraction of sp³-hybridized carbons (Fsp3) is 0.333. The van der Waals surface area contributed by atoms with Crippen LogP contribution in [0.3, 0.4) is 0 Å². The van der Waals surface area contributed by atoms with E-state index in [1.807, 2.05) is 24.3 Å². The van der Waals surface area contributed by atoms with E-state index < -0.39 is 11.9 Å². The molecular weight excluding hydrogens is 362 g/mol. The van der Waals surface area contributed by atoms with Crippen molar-refractivity contribution in [1.29, 1.82) is 0 Å². The van der Waals surface area contributed by atoms with Crippen LogP contribution in [-0.2, 0) is 11.2 Å². The van der Waals surface area contributed by atoms with Gasteiger partial charge in [-0.05, 0) is 43.0 Å². The minimum atomic E-state index is -0.791. The Labute approximate surface area is 153 Å². The summed E-state index contributed by atoms with van der Waals surface area (Å²) in [5.74, 6) is -0.0480. The lowest BCUT2D eigenvalue weighted by Gasteiger charge is -2.19. The van der Waals surface area contributed by atoms with Crippen molar-refractivity contribution < 1.29 is 19.4 Å². The first-order chi connectivity index (χ1) is 12.1. The number of hydrogen-bond donors (Lipinski definition) is 1. The van der Waals surface area contributed by atoms with Crippen molar-refractivity contribution in [2.45, 2.75) is 25.2 Å². The summed E-state index contributed by atoms with van der Waals surface area (Å²) in [6, 6.07) is 3.70. The summed E-state index contributed by atoms with van der Waals surface area (Å²) in [6.07, 6.45) is 6.26. The number of aliphatic carboxylic acids is 1. The number of aryl methyl sites for hydroxylation is 1. The number of ether oxygens (including phenoxy) is 2. The number of thiazole rings is 1. The number of nitrogens with zero attached hydrogens (tertiary/aromatic N) is 1. The molecule has 25 heavy (non-hydrogen) atoms. The third-order valence-electron chi connectivity index (χ3n) is 4.31. The van der Waals surface area contributed by atoms with Crippen molar-refractivity contribution in [1.82, 2.24) is 4.98 Å². The maximum absolute atomic E-state index is 11.4. The van der Waals surface area contributed by atoms with Gasteiger partial charge in [0.05, 0.1) is 16.6 Å². The van der Waals surface area contributed by atoms with Crippen LogP contribution in [0.15, 0.2) is 12.1 Å². The van der Waals surface area contributed by atoms with E-state index in [1.54, 1.807) is 11.3 Å².